The fraction of sp³-hybridized carbons (Fsp3) is 0.120. The van der Waals surface area contributed by atoms with Gasteiger partial charge < -0.3 is 5.32 Å². The van der Waals surface area contributed by atoms with E-state index in [0.29, 0.717) is 11.2 Å². The molecule has 2 aromatic carbocycles. The van der Waals surface area contributed by atoms with Gasteiger partial charge in [0.05, 0.1) is 33.5 Å². The van der Waals surface area contributed by atoms with E-state index in [2.05, 4.69) is 15.4 Å². The molecule has 5 rings (SSSR count). The highest BCUT2D eigenvalue weighted by Gasteiger charge is 2.20. The van der Waals surface area contributed by atoms with Crippen LogP contribution >= 0.6 is 0 Å². The van der Waals surface area contributed by atoms with Crippen LogP contribution in [-0.4, -0.2) is 25.7 Å². The minimum atomic E-state index is -0.193. The Labute approximate surface area is 179 Å². The van der Waals surface area contributed by atoms with Crippen LogP contribution in [0, 0.1) is 20.8 Å². The third kappa shape index (κ3) is 3.32. The largest absolute Gasteiger partial charge is 0.321 e. The molecule has 3 heterocycles. The summed E-state index contributed by atoms with van der Waals surface area (Å²) in [6, 6.07) is 21.3. The summed E-state index contributed by atoms with van der Waals surface area (Å²) in [5.74, 6) is -0.193. The second-order valence-corrected chi connectivity index (χ2v) is 7.63. The lowest BCUT2D eigenvalue weighted by molar-refractivity contribution is 0.102. The molecule has 6 nitrogen and oxygen atoms in total. The van der Waals surface area contributed by atoms with Crippen molar-refractivity contribution < 1.29 is 4.79 Å². The Balaban J connectivity index is 1.64. The molecular weight excluding hydrogens is 386 g/mol. The molecule has 0 saturated carbocycles. The van der Waals surface area contributed by atoms with Crippen LogP contribution in [0.4, 0.5) is 5.69 Å². The number of carbonyl (C=O) groups is 1. The van der Waals surface area contributed by atoms with Gasteiger partial charge in [-0.2, -0.15) is 5.10 Å². The van der Waals surface area contributed by atoms with Gasteiger partial charge in [0.15, 0.2) is 5.65 Å². The Kier molecular flexibility index (Phi) is 4.47. The molecule has 0 unspecified atom stereocenters. The highest BCUT2D eigenvalue weighted by atomic mass is 16.1. The molecule has 0 fully saturated rings. The van der Waals surface area contributed by atoms with E-state index in [1.165, 1.54) is 0 Å². The number of nitrogens with zero attached hydrogens (tertiary/aromatic N) is 4. The molecule has 0 atom stereocenters. The number of rotatable bonds is 3. The van der Waals surface area contributed by atoms with Crippen molar-refractivity contribution in [3.05, 3.63) is 89.4 Å². The van der Waals surface area contributed by atoms with Crippen LogP contribution in [0.5, 0.6) is 0 Å². The number of aromatic nitrogens is 4. The van der Waals surface area contributed by atoms with Gasteiger partial charge in [0.1, 0.15) is 0 Å². The minimum absolute atomic E-state index is 0.193. The smallest absolute Gasteiger partial charge is 0.256 e. The summed E-state index contributed by atoms with van der Waals surface area (Å²) < 4.78 is 1.79. The number of amides is 1. The Morgan fingerprint density at radius 3 is 2.39 bits per heavy atom. The first kappa shape index (κ1) is 18.9. The summed E-state index contributed by atoms with van der Waals surface area (Å²) in [6.07, 6.45) is 0. The minimum Gasteiger partial charge on any atom is -0.321 e. The van der Waals surface area contributed by atoms with Crippen molar-refractivity contribution in [2.75, 3.05) is 5.32 Å². The van der Waals surface area contributed by atoms with Gasteiger partial charge in [-0.05, 0) is 51.1 Å². The van der Waals surface area contributed by atoms with Crippen molar-refractivity contribution in [1.29, 1.82) is 0 Å². The number of pyridine rings is 2. The first-order chi connectivity index (χ1) is 15.0. The number of hydrogen-bond acceptors (Lipinski definition) is 4. The highest BCUT2D eigenvalue weighted by molar-refractivity contribution is 6.15. The third-order valence-electron chi connectivity index (χ3n) is 5.28. The average Bonchev–Trinajstić information content (AvgIpc) is 3.09. The van der Waals surface area contributed by atoms with Crippen LogP contribution in [-0.2, 0) is 0 Å². The Bertz CT molecular complexity index is 1450. The van der Waals surface area contributed by atoms with Crippen LogP contribution in [0.3, 0.4) is 0 Å². The van der Waals surface area contributed by atoms with Crippen molar-refractivity contribution in [1.82, 2.24) is 19.7 Å². The molecular formula is C25H21N5O. The van der Waals surface area contributed by atoms with Crippen molar-refractivity contribution in [3.63, 3.8) is 0 Å². The first-order valence-electron chi connectivity index (χ1n) is 10.1. The number of carbonyl (C=O) groups excluding carboxylic acids is 1. The van der Waals surface area contributed by atoms with Crippen molar-refractivity contribution in [2.45, 2.75) is 20.8 Å². The lowest BCUT2D eigenvalue weighted by atomic mass is 10.1. The number of fused-ring (bicyclic) bond motifs is 2. The van der Waals surface area contributed by atoms with E-state index in [0.717, 1.165) is 44.7 Å². The fourth-order valence-corrected chi connectivity index (χ4v) is 3.94. The fourth-order valence-electron chi connectivity index (χ4n) is 3.94. The standard InChI is InChI=1S/C25H21N5O/c1-15-13-20(23-17(3)29-30(24(23)27-15)18-9-5-4-6-10-18)25(31)28-22-14-16(2)26-21-12-8-7-11-19(21)22/h4-14H,1-3H3,(H,26,28,31). The zero-order chi connectivity index (χ0) is 21.5. The second-order valence-electron chi connectivity index (χ2n) is 7.63. The molecule has 0 aliphatic heterocycles. The molecule has 1 N–H and O–H groups in total. The van der Waals surface area contributed by atoms with Gasteiger partial charge in [-0.25, -0.2) is 9.67 Å². The maximum absolute atomic E-state index is 13.4. The summed E-state index contributed by atoms with van der Waals surface area (Å²) in [6.45, 7) is 5.71. The molecule has 0 aliphatic carbocycles. The van der Waals surface area contributed by atoms with Crippen LogP contribution in [0.15, 0.2) is 66.7 Å². The van der Waals surface area contributed by atoms with E-state index in [4.69, 9.17) is 4.98 Å². The van der Waals surface area contributed by atoms with Crippen molar-refractivity contribution in [3.8, 4) is 5.69 Å². The molecule has 152 valence electrons. The van der Waals surface area contributed by atoms with E-state index in [9.17, 15) is 4.79 Å². The maximum atomic E-state index is 13.4. The number of nitrogens with one attached hydrogen (secondary N) is 1. The maximum Gasteiger partial charge on any atom is 0.256 e. The molecule has 0 aliphatic rings. The van der Waals surface area contributed by atoms with E-state index >= 15 is 0 Å². The molecule has 0 bridgehead atoms. The molecule has 6 heteroatoms. The Morgan fingerprint density at radius 2 is 1.58 bits per heavy atom. The summed E-state index contributed by atoms with van der Waals surface area (Å²) in [7, 11) is 0. The molecule has 0 spiro atoms. The van der Waals surface area contributed by atoms with E-state index in [1.807, 2.05) is 87.5 Å². The van der Waals surface area contributed by atoms with Gasteiger partial charge in [0.2, 0.25) is 0 Å². The number of aryl methyl sites for hydroxylation is 3. The van der Waals surface area contributed by atoms with Gasteiger partial charge in [-0.3, -0.25) is 9.78 Å². The average molecular weight is 407 g/mol. The van der Waals surface area contributed by atoms with Crippen molar-refractivity contribution >= 4 is 33.5 Å². The third-order valence-corrected chi connectivity index (χ3v) is 5.28. The number of hydrogen-bond donors (Lipinski definition) is 1. The summed E-state index contributed by atoms with van der Waals surface area (Å²) in [5.41, 5.74) is 6.08. The quantitative estimate of drug-likeness (QED) is 0.449. The topological polar surface area (TPSA) is 72.7 Å². The van der Waals surface area contributed by atoms with Gasteiger partial charge in [0.25, 0.3) is 5.91 Å². The molecule has 0 radical (unpaired) electrons. The van der Waals surface area contributed by atoms with Gasteiger partial charge in [0, 0.05) is 16.8 Å². The van der Waals surface area contributed by atoms with Crippen LogP contribution < -0.4 is 5.32 Å². The summed E-state index contributed by atoms with van der Waals surface area (Å²) >= 11 is 0. The van der Waals surface area contributed by atoms with Gasteiger partial charge >= 0.3 is 0 Å². The molecule has 3 aromatic heterocycles. The number of benzene rings is 2. The lowest BCUT2D eigenvalue weighted by Crippen LogP contribution is -2.14. The zero-order valence-electron chi connectivity index (χ0n) is 17.5. The Hall–Kier alpha value is -4.06. The van der Waals surface area contributed by atoms with Crippen molar-refractivity contribution in [2.24, 2.45) is 0 Å². The lowest BCUT2D eigenvalue weighted by Gasteiger charge is -2.11. The molecule has 31 heavy (non-hydrogen) atoms. The van der Waals surface area contributed by atoms with E-state index in [-0.39, 0.29) is 5.91 Å². The van der Waals surface area contributed by atoms with E-state index < -0.39 is 0 Å². The SMILES string of the molecule is Cc1cc(NC(=O)c2cc(C)nc3c2c(C)nn3-c2ccccc2)c2ccccc2n1. The van der Waals surface area contributed by atoms with Gasteiger partial charge in [-0.15, -0.1) is 0 Å². The number of anilines is 1. The Morgan fingerprint density at radius 1 is 0.871 bits per heavy atom. The van der Waals surface area contributed by atoms with Crippen LogP contribution in [0.1, 0.15) is 27.4 Å². The molecule has 1 amide bonds. The predicted octanol–water partition coefficient (Wildman–Crippen LogP) is 5.15. The van der Waals surface area contributed by atoms with Crippen LogP contribution in [0.2, 0.25) is 0 Å². The first-order valence-corrected chi connectivity index (χ1v) is 10.1. The normalized spacial score (nSPS) is 11.2. The molecule has 0 saturated heterocycles. The van der Waals surface area contributed by atoms with Crippen LogP contribution in [0.25, 0.3) is 27.6 Å². The monoisotopic (exact) mass is 407 g/mol. The predicted molar refractivity (Wildman–Crippen MR) is 123 cm³/mol. The van der Waals surface area contributed by atoms with E-state index in [1.54, 1.807) is 4.68 Å². The zero-order valence-corrected chi connectivity index (χ0v) is 17.5. The summed E-state index contributed by atoms with van der Waals surface area (Å²) in [4.78, 5) is 22.7. The molecule has 5 aromatic rings. The van der Waals surface area contributed by atoms with Gasteiger partial charge in [-0.1, -0.05) is 36.4 Å². The second kappa shape index (κ2) is 7.32. The highest BCUT2D eigenvalue weighted by Crippen LogP contribution is 2.27. The number of para-hydroxylation sites is 2. The summed E-state index contributed by atoms with van der Waals surface area (Å²) in [5, 5.41) is 9.43.